The number of halogens is 3. The number of nitrogens with one attached hydrogen (secondary N) is 2. The zero-order chi connectivity index (χ0) is 30.8. The van der Waals surface area contributed by atoms with Crippen LogP contribution in [0.15, 0.2) is 36.5 Å². The van der Waals surface area contributed by atoms with Crippen LogP contribution in [0.3, 0.4) is 0 Å². The number of benzene rings is 1. The molecule has 3 heterocycles. The van der Waals surface area contributed by atoms with Gasteiger partial charge in [0.15, 0.2) is 0 Å². The van der Waals surface area contributed by atoms with E-state index in [4.69, 9.17) is 5.11 Å². The minimum absolute atomic E-state index is 0.0505. The fraction of sp³-hybridized carbons (Fsp3) is 0.346. The smallest absolute Gasteiger partial charge is 0.416 e. The summed E-state index contributed by atoms with van der Waals surface area (Å²) in [4.78, 5) is 79.3. The second-order valence-electron chi connectivity index (χ2n) is 9.48. The average Bonchev–Trinajstić information content (AvgIpc) is 3.29. The largest absolute Gasteiger partial charge is 0.481 e. The minimum Gasteiger partial charge on any atom is -0.481 e. The second-order valence-corrected chi connectivity index (χ2v) is 10.5. The Hall–Kier alpha value is -4.60. The number of rotatable bonds is 8. The molecule has 3 atom stereocenters. The molecule has 0 saturated carbocycles. The van der Waals surface area contributed by atoms with Crippen molar-refractivity contribution in [2.75, 3.05) is 0 Å². The van der Waals surface area contributed by atoms with Crippen molar-refractivity contribution in [2.45, 2.75) is 56.9 Å². The molecule has 1 aromatic heterocycles. The number of carbonyl (C=O) groups excluding carboxylic acids is 5. The first-order chi connectivity index (χ1) is 19.8. The average molecular weight is 608 g/mol. The summed E-state index contributed by atoms with van der Waals surface area (Å²) in [6.45, 7) is 1.52. The van der Waals surface area contributed by atoms with Crippen LogP contribution in [-0.2, 0) is 30.1 Å². The molecule has 12 nitrogen and oxygen atoms in total. The summed E-state index contributed by atoms with van der Waals surface area (Å²) in [5.41, 5.74) is -0.217. The number of hydrogen-bond donors (Lipinski definition) is 3. The maximum Gasteiger partial charge on any atom is 0.416 e. The molecular weight excluding hydrogens is 583 g/mol. The van der Waals surface area contributed by atoms with Crippen LogP contribution in [0.25, 0.3) is 10.6 Å². The molecule has 1 saturated heterocycles. The molecule has 4 amide bonds. The zero-order valence-electron chi connectivity index (χ0n) is 21.9. The Morgan fingerprint density at radius 1 is 1.21 bits per heavy atom. The fourth-order valence-corrected chi connectivity index (χ4v) is 5.42. The molecule has 2 aromatic rings. The molecule has 2 aliphatic heterocycles. The number of carboxylic acids is 1. The van der Waals surface area contributed by atoms with E-state index < -0.39 is 65.9 Å². The Morgan fingerprint density at radius 3 is 2.52 bits per heavy atom. The van der Waals surface area contributed by atoms with Gasteiger partial charge >= 0.3 is 12.1 Å². The van der Waals surface area contributed by atoms with E-state index in [-0.39, 0.29) is 41.1 Å². The molecule has 1 aromatic carbocycles. The molecule has 2 aliphatic rings. The predicted octanol–water partition coefficient (Wildman–Crippen LogP) is 2.05. The van der Waals surface area contributed by atoms with E-state index in [2.05, 4.69) is 15.6 Å². The van der Waals surface area contributed by atoms with Gasteiger partial charge in [0.2, 0.25) is 11.8 Å². The molecule has 0 spiro atoms. The van der Waals surface area contributed by atoms with E-state index in [0.717, 1.165) is 33.5 Å². The molecule has 3 N–H and O–H groups in total. The molecule has 16 heteroatoms. The number of amides is 4. The number of hydrogen-bond acceptors (Lipinski definition) is 8. The summed E-state index contributed by atoms with van der Waals surface area (Å²) >= 11 is 0.909. The van der Waals surface area contributed by atoms with Crippen molar-refractivity contribution < 1.29 is 47.0 Å². The molecule has 4 rings (SSSR count). The van der Waals surface area contributed by atoms with Crippen LogP contribution in [0.2, 0.25) is 0 Å². The number of hydrazine groups is 1. The lowest BCUT2D eigenvalue weighted by Crippen LogP contribution is -2.62. The van der Waals surface area contributed by atoms with E-state index in [1.54, 1.807) is 0 Å². The van der Waals surface area contributed by atoms with Gasteiger partial charge in [0, 0.05) is 18.2 Å². The highest BCUT2D eigenvalue weighted by Gasteiger charge is 2.44. The van der Waals surface area contributed by atoms with E-state index in [0.29, 0.717) is 5.56 Å². The van der Waals surface area contributed by atoms with Crippen LogP contribution in [0.1, 0.15) is 46.6 Å². The van der Waals surface area contributed by atoms with Crippen molar-refractivity contribution in [1.82, 2.24) is 25.6 Å². The quantitative estimate of drug-likeness (QED) is 0.384. The summed E-state index contributed by atoms with van der Waals surface area (Å²) in [5.74, 6) is -4.23. The van der Waals surface area contributed by atoms with E-state index in [1.807, 2.05) is 0 Å². The summed E-state index contributed by atoms with van der Waals surface area (Å²) in [7, 11) is 0. The van der Waals surface area contributed by atoms with Crippen LogP contribution in [0, 0.1) is 6.92 Å². The third kappa shape index (κ3) is 6.48. The van der Waals surface area contributed by atoms with Crippen LogP contribution < -0.4 is 10.6 Å². The first-order valence-electron chi connectivity index (χ1n) is 12.5. The van der Waals surface area contributed by atoms with Gasteiger partial charge in [0.05, 0.1) is 23.7 Å². The molecule has 0 unspecified atom stereocenters. The number of aromatic nitrogens is 1. The topological polar surface area (TPSA) is 166 Å². The number of aldehydes is 1. The Balaban J connectivity index is 1.53. The van der Waals surface area contributed by atoms with E-state index in [9.17, 15) is 41.9 Å². The molecule has 0 aliphatic carbocycles. The standard InChI is InChI=1S/C26H24F3N5O7S/c1-13-21(42-24(30-13)14-4-6-15(7-5-14)26(27,28)29)23(40)32-17-8-9-19(36)33-10-2-3-18(34(33)25(17)41)22(39)31-16(12-35)11-20(37)38/h2,4-7,10,12,16-18H,3,8-9,11H2,1H3,(H,31,39)(H,32,40)(H,37,38)/t16-,17-,18-/m0/s1. The second kappa shape index (κ2) is 12.1. The number of fused-ring (bicyclic) bond motifs is 1. The normalized spacial score (nSPS) is 19.5. The number of nitrogens with zero attached hydrogens (tertiary/aromatic N) is 3. The van der Waals surface area contributed by atoms with Crippen molar-refractivity contribution in [2.24, 2.45) is 0 Å². The van der Waals surface area contributed by atoms with Crippen molar-refractivity contribution in [3.05, 3.63) is 52.7 Å². The Bertz CT molecular complexity index is 1460. The predicted molar refractivity (Wildman–Crippen MR) is 139 cm³/mol. The maximum absolute atomic E-state index is 13.6. The number of aliphatic carboxylic acids is 1. The lowest BCUT2D eigenvalue weighted by molar-refractivity contribution is -0.166. The Kier molecular flexibility index (Phi) is 8.75. The van der Waals surface area contributed by atoms with Crippen LogP contribution in [-0.4, -0.2) is 74.1 Å². The number of aryl methyl sites for hydroxylation is 1. The zero-order valence-corrected chi connectivity index (χ0v) is 22.7. The summed E-state index contributed by atoms with van der Waals surface area (Å²) in [6, 6.07) is 0.351. The van der Waals surface area contributed by atoms with Gasteiger partial charge < -0.3 is 20.5 Å². The van der Waals surface area contributed by atoms with E-state index in [1.165, 1.54) is 31.3 Å². The van der Waals surface area contributed by atoms with Gasteiger partial charge in [-0.2, -0.15) is 13.2 Å². The third-order valence-corrected chi connectivity index (χ3v) is 7.72. The number of carboxylic acid groups (broad SMARTS) is 1. The summed E-state index contributed by atoms with van der Waals surface area (Å²) < 4.78 is 38.7. The molecule has 222 valence electrons. The van der Waals surface area contributed by atoms with Crippen LogP contribution >= 0.6 is 11.3 Å². The van der Waals surface area contributed by atoms with Gasteiger partial charge in [-0.05, 0) is 31.9 Å². The number of thiazole rings is 1. The number of alkyl halides is 3. The monoisotopic (exact) mass is 607 g/mol. The highest BCUT2D eigenvalue weighted by atomic mass is 32.1. The number of carbonyl (C=O) groups is 6. The van der Waals surface area contributed by atoms with Crippen molar-refractivity contribution in [1.29, 1.82) is 0 Å². The molecular formula is C26H24F3N5O7S. The van der Waals surface area contributed by atoms with Crippen molar-refractivity contribution in [3.8, 4) is 10.6 Å². The minimum atomic E-state index is -4.51. The molecule has 0 radical (unpaired) electrons. The van der Waals surface area contributed by atoms with Crippen molar-refractivity contribution in [3.63, 3.8) is 0 Å². The van der Waals surface area contributed by atoms with Gasteiger partial charge in [0.1, 0.15) is 28.3 Å². The highest BCUT2D eigenvalue weighted by Crippen LogP contribution is 2.33. The van der Waals surface area contributed by atoms with Crippen LogP contribution in [0.4, 0.5) is 13.2 Å². The lowest BCUT2D eigenvalue weighted by Gasteiger charge is -2.39. The Labute approximate surface area is 240 Å². The Morgan fingerprint density at radius 2 is 1.90 bits per heavy atom. The van der Waals surface area contributed by atoms with Gasteiger partial charge in [-0.15, -0.1) is 11.3 Å². The van der Waals surface area contributed by atoms with Crippen molar-refractivity contribution >= 4 is 47.2 Å². The third-order valence-electron chi connectivity index (χ3n) is 6.52. The van der Waals surface area contributed by atoms with E-state index >= 15 is 0 Å². The summed E-state index contributed by atoms with van der Waals surface area (Å²) in [6.07, 6.45) is -2.48. The lowest BCUT2D eigenvalue weighted by atomic mass is 10.1. The SMILES string of the molecule is Cc1nc(-c2ccc(C(F)(F)F)cc2)sc1C(=O)N[C@H]1CCC(=O)N2C=CC[C@@H](C(=O)N[C@H](C=O)CC(=O)O)N2C1=O. The maximum atomic E-state index is 13.6. The van der Waals surface area contributed by atoms with Gasteiger partial charge in [-0.1, -0.05) is 18.2 Å². The summed E-state index contributed by atoms with van der Waals surface area (Å²) in [5, 5.41) is 15.9. The molecule has 1 fully saturated rings. The van der Waals surface area contributed by atoms with Gasteiger partial charge in [-0.25, -0.2) is 15.0 Å². The van der Waals surface area contributed by atoms with Gasteiger partial charge in [0.25, 0.3) is 11.8 Å². The first kappa shape index (κ1) is 30.4. The molecule has 42 heavy (non-hydrogen) atoms. The first-order valence-corrected chi connectivity index (χ1v) is 13.4. The molecule has 0 bridgehead atoms. The van der Waals surface area contributed by atoms with Gasteiger partial charge in [-0.3, -0.25) is 24.0 Å². The van der Waals surface area contributed by atoms with Crippen LogP contribution in [0.5, 0.6) is 0 Å². The highest BCUT2D eigenvalue weighted by molar-refractivity contribution is 7.17. The fourth-order valence-electron chi connectivity index (χ4n) is 4.45.